The summed E-state index contributed by atoms with van der Waals surface area (Å²) in [4.78, 5) is 0. The molecule has 0 unspecified atom stereocenters. The molecule has 0 atom stereocenters. The Kier molecular flexibility index (Phi) is 13.3. The van der Waals surface area contributed by atoms with Gasteiger partial charge in [0.05, 0.1) is 19.5 Å². The number of hydrogen-bond acceptors (Lipinski definition) is 0. The molecule has 0 aliphatic rings. The van der Waals surface area contributed by atoms with Gasteiger partial charge >= 0.3 is 0 Å². The molecule has 1 aromatic carbocycles. The highest BCUT2D eigenvalue weighted by Gasteiger charge is 2.17. The lowest BCUT2D eigenvalue weighted by atomic mass is 10.1. The van der Waals surface area contributed by atoms with Gasteiger partial charge in [0.25, 0.3) is 5.82 Å². The number of aryl methyl sites for hydroxylation is 2. The van der Waals surface area contributed by atoms with E-state index in [9.17, 15) is 0 Å². The van der Waals surface area contributed by atoms with Gasteiger partial charge in [-0.25, -0.2) is 9.13 Å². The van der Waals surface area contributed by atoms with Crippen LogP contribution in [0.15, 0.2) is 42.7 Å². The maximum Gasteiger partial charge on any atom is 0.260 e. The Morgan fingerprint density at radius 1 is 0.667 bits per heavy atom. The second kappa shape index (κ2) is 16.2. The van der Waals surface area contributed by atoms with Gasteiger partial charge in [-0.2, -0.15) is 0 Å². The van der Waals surface area contributed by atoms with Crippen LogP contribution < -0.4 is 4.57 Å². The highest BCUT2D eigenvalue weighted by molar-refractivity contribution is 5.18. The van der Waals surface area contributed by atoms with E-state index < -0.39 is 0 Å². The first-order valence-corrected chi connectivity index (χ1v) is 13.0. The summed E-state index contributed by atoms with van der Waals surface area (Å²) in [5.74, 6) is 1.48. The van der Waals surface area contributed by atoms with Crippen molar-refractivity contribution in [1.82, 2.24) is 4.57 Å². The summed E-state index contributed by atoms with van der Waals surface area (Å²) >= 11 is 0. The summed E-state index contributed by atoms with van der Waals surface area (Å²) in [6, 6.07) is 11.0. The number of hydrogen-bond donors (Lipinski definition) is 0. The number of benzene rings is 1. The fourth-order valence-electron chi connectivity index (χ4n) is 4.37. The van der Waals surface area contributed by atoms with Crippen molar-refractivity contribution < 1.29 is 4.57 Å². The molecular weight excluding hydrogens is 364 g/mol. The van der Waals surface area contributed by atoms with Crippen molar-refractivity contribution in [2.75, 3.05) is 0 Å². The molecule has 168 valence electrons. The van der Waals surface area contributed by atoms with Crippen molar-refractivity contribution in [3.05, 3.63) is 54.1 Å². The Labute approximate surface area is 186 Å². The molecule has 0 saturated heterocycles. The smallest absolute Gasteiger partial charge is 0.234 e. The zero-order chi connectivity index (χ0) is 21.3. The van der Waals surface area contributed by atoms with E-state index in [2.05, 4.69) is 65.7 Å². The number of nitrogens with zero attached hydrogens (tertiary/aromatic N) is 2. The van der Waals surface area contributed by atoms with Crippen molar-refractivity contribution >= 4 is 0 Å². The van der Waals surface area contributed by atoms with Crippen molar-refractivity contribution in [3.8, 4) is 0 Å². The fourth-order valence-corrected chi connectivity index (χ4v) is 4.37. The van der Waals surface area contributed by atoms with Gasteiger partial charge in [0.1, 0.15) is 12.4 Å². The Balaban J connectivity index is 1.81. The molecule has 0 N–H and O–H groups in total. The second-order valence-corrected chi connectivity index (χ2v) is 9.01. The standard InChI is InChI=1S/C28H47N2/c1-3-5-7-9-10-11-12-14-19-23-30-25-24-29(22-18-13-8-6-4-2)28(30)26-27-20-16-15-17-21-27/h15-17,20-21,24-25H,3-14,18-19,22-23,26H2,1-2H3/q+1. The van der Waals surface area contributed by atoms with Gasteiger partial charge in [-0.15, -0.1) is 0 Å². The van der Waals surface area contributed by atoms with Crippen LogP contribution in [0.2, 0.25) is 0 Å². The normalized spacial score (nSPS) is 11.3. The Bertz CT molecular complexity index is 644. The summed E-state index contributed by atoms with van der Waals surface area (Å²) in [6.45, 7) is 6.92. The topological polar surface area (TPSA) is 8.81 Å². The van der Waals surface area contributed by atoms with Crippen LogP contribution in [0, 0.1) is 0 Å². The third-order valence-corrected chi connectivity index (χ3v) is 6.30. The van der Waals surface area contributed by atoms with Crippen LogP contribution in [0.25, 0.3) is 0 Å². The van der Waals surface area contributed by atoms with Crippen molar-refractivity contribution in [1.29, 1.82) is 0 Å². The molecule has 0 aliphatic heterocycles. The van der Waals surface area contributed by atoms with Crippen molar-refractivity contribution in [3.63, 3.8) is 0 Å². The number of unbranched alkanes of at least 4 members (excludes halogenated alkanes) is 12. The average molecular weight is 412 g/mol. The highest BCUT2D eigenvalue weighted by atomic mass is 15.1. The number of imidazole rings is 1. The van der Waals surface area contributed by atoms with Gasteiger partial charge in [-0.05, 0) is 31.2 Å². The van der Waals surface area contributed by atoms with E-state index in [1.165, 1.54) is 108 Å². The zero-order valence-corrected chi connectivity index (χ0v) is 20.0. The summed E-state index contributed by atoms with van der Waals surface area (Å²) in [5.41, 5.74) is 1.42. The highest BCUT2D eigenvalue weighted by Crippen LogP contribution is 2.12. The molecule has 2 rings (SSSR count). The molecular formula is C28H47N2+. The van der Waals surface area contributed by atoms with Crippen LogP contribution in [0.3, 0.4) is 0 Å². The molecule has 30 heavy (non-hydrogen) atoms. The third kappa shape index (κ3) is 9.96. The van der Waals surface area contributed by atoms with Crippen LogP contribution in [0.1, 0.15) is 115 Å². The lowest BCUT2D eigenvalue weighted by Gasteiger charge is -2.07. The molecule has 0 bridgehead atoms. The van der Waals surface area contributed by atoms with Crippen LogP contribution in [0.5, 0.6) is 0 Å². The monoisotopic (exact) mass is 411 g/mol. The molecule has 1 heterocycles. The number of rotatable bonds is 18. The maximum atomic E-state index is 2.53. The van der Waals surface area contributed by atoms with E-state index in [-0.39, 0.29) is 0 Å². The lowest BCUT2D eigenvalue weighted by molar-refractivity contribution is -0.703. The van der Waals surface area contributed by atoms with Crippen molar-refractivity contribution in [2.45, 2.75) is 123 Å². The quantitative estimate of drug-likeness (QED) is 0.174. The molecule has 0 aliphatic carbocycles. The van der Waals surface area contributed by atoms with E-state index in [0.717, 1.165) is 13.0 Å². The van der Waals surface area contributed by atoms with Crippen molar-refractivity contribution in [2.24, 2.45) is 0 Å². The first-order chi connectivity index (χ1) is 14.8. The molecule has 2 nitrogen and oxygen atoms in total. The minimum atomic E-state index is 1.04. The molecule has 0 radical (unpaired) electrons. The molecule has 0 amide bonds. The Morgan fingerprint density at radius 3 is 1.87 bits per heavy atom. The third-order valence-electron chi connectivity index (χ3n) is 6.30. The molecule has 1 aromatic heterocycles. The minimum absolute atomic E-state index is 1.04. The van der Waals surface area contributed by atoms with Gasteiger partial charge in [0.2, 0.25) is 0 Å². The van der Waals surface area contributed by atoms with Gasteiger partial charge in [-0.1, -0.05) is 108 Å². The van der Waals surface area contributed by atoms with E-state index in [1.807, 2.05) is 0 Å². The van der Waals surface area contributed by atoms with Gasteiger partial charge in [0.15, 0.2) is 0 Å². The lowest BCUT2D eigenvalue weighted by Crippen LogP contribution is -2.37. The zero-order valence-electron chi connectivity index (χ0n) is 20.0. The van der Waals surface area contributed by atoms with Crippen LogP contribution in [-0.4, -0.2) is 4.57 Å². The largest absolute Gasteiger partial charge is 0.260 e. The number of aromatic nitrogens is 2. The first kappa shape index (κ1) is 24.7. The van der Waals surface area contributed by atoms with Crippen LogP contribution in [-0.2, 0) is 19.5 Å². The predicted octanol–water partition coefficient (Wildman–Crippen LogP) is 7.87. The maximum absolute atomic E-state index is 2.53. The summed E-state index contributed by atoms with van der Waals surface area (Å²) in [7, 11) is 0. The van der Waals surface area contributed by atoms with E-state index in [1.54, 1.807) is 0 Å². The molecule has 0 fully saturated rings. The Morgan fingerprint density at radius 2 is 1.23 bits per heavy atom. The summed E-state index contributed by atoms with van der Waals surface area (Å²) < 4.78 is 5.05. The van der Waals surface area contributed by atoms with Gasteiger partial charge < -0.3 is 0 Å². The predicted molar refractivity (Wildman–Crippen MR) is 130 cm³/mol. The van der Waals surface area contributed by atoms with Gasteiger partial charge in [0, 0.05) is 0 Å². The van der Waals surface area contributed by atoms with E-state index in [0.29, 0.717) is 0 Å². The molecule has 2 aromatic rings. The molecule has 0 saturated carbocycles. The molecule has 0 spiro atoms. The fraction of sp³-hybridized carbons (Fsp3) is 0.679. The average Bonchev–Trinajstić information content (AvgIpc) is 3.14. The Hall–Kier alpha value is -1.57. The van der Waals surface area contributed by atoms with E-state index in [4.69, 9.17) is 0 Å². The van der Waals surface area contributed by atoms with E-state index >= 15 is 0 Å². The summed E-state index contributed by atoms with van der Waals surface area (Å²) in [5, 5.41) is 0. The second-order valence-electron chi connectivity index (χ2n) is 9.01. The first-order valence-electron chi connectivity index (χ1n) is 13.0. The molecule has 2 heteroatoms. The minimum Gasteiger partial charge on any atom is -0.234 e. The SMILES string of the molecule is CCCCCCCCCCCn1cc[n+](CCCCCCC)c1Cc1ccccc1. The van der Waals surface area contributed by atoms with Crippen LogP contribution >= 0.6 is 0 Å². The summed E-state index contributed by atoms with van der Waals surface area (Å²) in [6.07, 6.45) is 25.0. The van der Waals surface area contributed by atoms with Gasteiger partial charge in [-0.3, -0.25) is 0 Å². The van der Waals surface area contributed by atoms with Crippen LogP contribution in [0.4, 0.5) is 0 Å².